The van der Waals surface area contributed by atoms with E-state index in [-0.39, 0.29) is 35.9 Å². The smallest absolute Gasteiger partial charge is 0.172 e. The highest BCUT2D eigenvalue weighted by Crippen LogP contribution is 2.36. The summed E-state index contributed by atoms with van der Waals surface area (Å²) >= 11 is 0. The Hall–Kier alpha value is -1.35. The number of benzene rings is 1. The van der Waals surface area contributed by atoms with Gasteiger partial charge >= 0.3 is 0 Å². The van der Waals surface area contributed by atoms with Crippen LogP contribution in [0.1, 0.15) is 45.0 Å². The molecule has 3 nitrogen and oxygen atoms in total. The van der Waals surface area contributed by atoms with Gasteiger partial charge < -0.3 is 9.47 Å². The SMILES string of the molecule is CC(C)Oc1ccccc1C(=O)C1C(C)OC(C)C1C. The van der Waals surface area contributed by atoms with E-state index in [1.54, 1.807) is 0 Å². The van der Waals surface area contributed by atoms with Crippen molar-refractivity contribution < 1.29 is 14.3 Å². The Morgan fingerprint density at radius 3 is 2.35 bits per heavy atom. The zero-order valence-electron chi connectivity index (χ0n) is 12.9. The molecule has 20 heavy (non-hydrogen) atoms. The van der Waals surface area contributed by atoms with Crippen LogP contribution >= 0.6 is 0 Å². The minimum Gasteiger partial charge on any atom is -0.490 e. The highest BCUT2D eigenvalue weighted by atomic mass is 16.5. The van der Waals surface area contributed by atoms with E-state index in [1.165, 1.54) is 0 Å². The van der Waals surface area contributed by atoms with Crippen molar-refractivity contribution in [3.8, 4) is 5.75 Å². The highest BCUT2D eigenvalue weighted by molar-refractivity contribution is 6.01. The number of ether oxygens (including phenoxy) is 2. The lowest BCUT2D eigenvalue weighted by Gasteiger charge is -2.20. The molecule has 2 rings (SSSR count). The zero-order chi connectivity index (χ0) is 14.9. The van der Waals surface area contributed by atoms with Gasteiger partial charge in [-0.1, -0.05) is 19.1 Å². The molecule has 0 radical (unpaired) electrons. The second kappa shape index (κ2) is 5.96. The van der Waals surface area contributed by atoms with E-state index in [0.717, 1.165) is 0 Å². The summed E-state index contributed by atoms with van der Waals surface area (Å²) in [5.41, 5.74) is 0.669. The summed E-state index contributed by atoms with van der Waals surface area (Å²) < 4.78 is 11.5. The predicted molar refractivity (Wildman–Crippen MR) is 79.2 cm³/mol. The first-order valence-corrected chi connectivity index (χ1v) is 7.37. The number of hydrogen-bond donors (Lipinski definition) is 0. The topological polar surface area (TPSA) is 35.5 Å². The molecule has 0 spiro atoms. The third-order valence-corrected chi connectivity index (χ3v) is 4.06. The van der Waals surface area contributed by atoms with Crippen LogP contribution in [0.15, 0.2) is 24.3 Å². The van der Waals surface area contributed by atoms with Gasteiger partial charge in [0.25, 0.3) is 0 Å². The summed E-state index contributed by atoms with van der Waals surface area (Å²) in [6, 6.07) is 7.49. The van der Waals surface area contributed by atoms with Crippen molar-refractivity contribution >= 4 is 5.78 Å². The fourth-order valence-corrected chi connectivity index (χ4v) is 2.93. The van der Waals surface area contributed by atoms with E-state index in [4.69, 9.17) is 9.47 Å². The highest BCUT2D eigenvalue weighted by Gasteiger charge is 2.42. The first-order chi connectivity index (χ1) is 9.41. The Kier molecular flexibility index (Phi) is 4.48. The molecule has 1 aromatic carbocycles. The minimum atomic E-state index is -0.0955. The molecule has 1 heterocycles. The number of Topliss-reactive ketones (excluding diaryl/α,β-unsaturated/α-hetero) is 1. The van der Waals surface area contributed by atoms with Gasteiger partial charge in [-0.25, -0.2) is 0 Å². The van der Waals surface area contributed by atoms with Gasteiger partial charge in [-0.2, -0.15) is 0 Å². The van der Waals surface area contributed by atoms with Gasteiger partial charge in [-0.15, -0.1) is 0 Å². The first kappa shape index (κ1) is 15.0. The third kappa shape index (κ3) is 2.88. The maximum atomic E-state index is 12.9. The molecular formula is C17H24O3. The normalized spacial score (nSPS) is 29.7. The molecule has 0 N–H and O–H groups in total. The van der Waals surface area contributed by atoms with Gasteiger partial charge in [0.05, 0.1) is 29.8 Å². The van der Waals surface area contributed by atoms with Gasteiger partial charge in [0.1, 0.15) is 5.75 Å². The van der Waals surface area contributed by atoms with Crippen LogP contribution in [-0.2, 0) is 4.74 Å². The van der Waals surface area contributed by atoms with Crippen molar-refractivity contribution in [1.29, 1.82) is 0 Å². The Bertz CT molecular complexity index is 481. The Morgan fingerprint density at radius 2 is 1.80 bits per heavy atom. The van der Waals surface area contributed by atoms with E-state index in [9.17, 15) is 4.79 Å². The second-order valence-electron chi connectivity index (χ2n) is 5.96. The van der Waals surface area contributed by atoms with Crippen LogP contribution in [0.3, 0.4) is 0 Å². The number of carbonyl (C=O) groups is 1. The van der Waals surface area contributed by atoms with Gasteiger partial charge in [0.15, 0.2) is 5.78 Å². The van der Waals surface area contributed by atoms with Crippen molar-refractivity contribution in [2.24, 2.45) is 11.8 Å². The number of ketones is 1. The van der Waals surface area contributed by atoms with Gasteiger partial charge in [0, 0.05) is 0 Å². The molecule has 1 aliphatic heterocycles. The molecule has 1 aliphatic rings. The Labute approximate surface area is 121 Å². The van der Waals surface area contributed by atoms with Crippen LogP contribution in [0.4, 0.5) is 0 Å². The molecule has 4 atom stereocenters. The number of hydrogen-bond acceptors (Lipinski definition) is 3. The van der Waals surface area contributed by atoms with Crippen molar-refractivity contribution in [3.05, 3.63) is 29.8 Å². The summed E-state index contributed by atoms with van der Waals surface area (Å²) in [6.07, 6.45) is 0.134. The lowest BCUT2D eigenvalue weighted by Crippen LogP contribution is -2.27. The van der Waals surface area contributed by atoms with Crippen LogP contribution < -0.4 is 4.74 Å². The molecule has 1 saturated heterocycles. The van der Waals surface area contributed by atoms with E-state index in [1.807, 2.05) is 52.0 Å². The Morgan fingerprint density at radius 1 is 1.15 bits per heavy atom. The maximum Gasteiger partial charge on any atom is 0.172 e. The summed E-state index contributed by atoms with van der Waals surface area (Å²) in [7, 11) is 0. The van der Waals surface area contributed by atoms with E-state index >= 15 is 0 Å². The average Bonchev–Trinajstić information content (AvgIpc) is 2.62. The minimum absolute atomic E-state index is 0.0420. The predicted octanol–water partition coefficient (Wildman–Crippen LogP) is 3.72. The van der Waals surface area contributed by atoms with Crippen molar-refractivity contribution in [2.75, 3.05) is 0 Å². The fraction of sp³-hybridized carbons (Fsp3) is 0.588. The number of para-hydroxylation sites is 1. The van der Waals surface area contributed by atoms with Crippen LogP contribution in [0.5, 0.6) is 5.75 Å². The largest absolute Gasteiger partial charge is 0.490 e. The van der Waals surface area contributed by atoms with E-state index in [0.29, 0.717) is 11.3 Å². The summed E-state index contributed by atoms with van der Waals surface area (Å²) in [4.78, 5) is 12.9. The van der Waals surface area contributed by atoms with Crippen LogP contribution in [0.2, 0.25) is 0 Å². The molecule has 4 unspecified atom stereocenters. The molecular weight excluding hydrogens is 252 g/mol. The van der Waals surface area contributed by atoms with Gasteiger partial charge in [0.2, 0.25) is 0 Å². The van der Waals surface area contributed by atoms with E-state index in [2.05, 4.69) is 6.92 Å². The van der Waals surface area contributed by atoms with E-state index < -0.39 is 0 Å². The standard InChI is InChI=1S/C17H24O3/c1-10(2)19-15-9-7-6-8-14(15)17(18)16-11(3)12(4)20-13(16)5/h6-13,16H,1-5H3. The third-order valence-electron chi connectivity index (χ3n) is 4.06. The lowest BCUT2D eigenvalue weighted by atomic mass is 9.83. The summed E-state index contributed by atoms with van der Waals surface area (Å²) in [5, 5.41) is 0. The molecule has 0 aliphatic carbocycles. The molecule has 0 bridgehead atoms. The van der Waals surface area contributed by atoms with Crippen molar-refractivity contribution in [1.82, 2.24) is 0 Å². The quantitative estimate of drug-likeness (QED) is 0.786. The molecule has 0 saturated carbocycles. The van der Waals surface area contributed by atoms with Crippen LogP contribution in [0.25, 0.3) is 0 Å². The monoisotopic (exact) mass is 276 g/mol. The average molecular weight is 276 g/mol. The molecule has 1 aromatic rings. The lowest BCUT2D eigenvalue weighted by molar-refractivity contribution is 0.0490. The van der Waals surface area contributed by atoms with Crippen LogP contribution in [-0.4, -0.2) is 24.1 Å². The zero-order valence-corrected chi connectivity index (χ0v) is 12.9. The molecule has 3 heteroatoms. The van der Waals surface area contributed by atoms with Crippen LogP contribution in [0, 0.1) is 11.8 Å². The number of carbonyl (C=O) groups excluding carboxylic acids is 1. The second-order valence-corrected chi connectivity index (χ2v) is 5.96. The van der Waals surface area contributed by atoms with Gasteiger partial charge in [-0.3, -0.25) is 4.79 Å². The Balaban J connectivity index is 2.29. The number of rotatable bonds is 4. The molecule has 110 valence electrons. The molecule has 1 fully saturated rings. The van der Waals surface area contributed by atoms with Gasteiger partial charge in [-0.05, 0) is 45.7 Å². The fourth-order valence-electron chi connectivity index (χ4n) is 2.93. The molecule has 0 aromatic heterocycles. The maximum absolute atomic E-state index is 12.9. The van der Waals surface area contributed by atoms with Crippen molar-refractivity contribution in [3.63, 3.8) is 0 Å². The summed E-state index contributed by atoms with van der Waals surface area (Å²) in [6.45, 7) is 10.0. The molecule has 0 amide bonds. The van der Waals surface area contributed by atoms with Crippen molar-refractivity contribution in [2.45, 2.75) is 52.9 Å². The first-order valence-electron chi connectivity index (χ1n) is 7.37. The summed E-state index contributed by atoms with van der Waals surface area (Å²) in [5.74, 6) is 0.934.